The van der Waals surface area contributed by atoms with Crippen LogP contribution in [0.1, 0.15) is 31.2 Å². The summed E-state index contributed by atoms with van der Waals surface area (Å²) in [7, 11) is 0. The third kappa shape index (κ3) is 4.91. The lowest BCUT2D eigenvalue weighted by atomic mass is 10.0. The van der Waals surface area contributed by atoms with Crippen LogP contribution < -0.4 is 15.5 Å². The minimum Gasteiger partial charge on any atom is -0.373 e. The quantitative estimate of drug-likeness (QED) is 0.468. The molecule has 1 saturated heterocycles. The Labute approximate surface area is 199 Å². The first-order chi connectivity index (χ1) is 16.3. The van der Waals surface area contributed by atoms with E-state index in [2.05, 4.69) is 30.5 Å². The van der Waals surface area contributed by atoms with E-state index in [4.69, 9.17) is 11.6 Å². The third-order valence-corrected chi connectivity index (χ3v) is 6.54. The fourth-order valence-electron chi connectivity index (χ4n) is 4.53. The van der Waals surface area contributed by atoms with E-state index in [-0.39, 0.29) is 28.6 Å². The number of benzene rings is 1. The van der Waals surface area contributed by atoms with Crippen LogP contribution in [0.3, 0.4) is 0 Å². The number of halogens is 4. The molecule has 1 saturated carbocycles. The molecule has 3 N–H and O–H groups in total. The largest absolute Gasteiger partial charge is 0.416 e. The highest BCUT2D eigenvalue weighted by atomic mass is 35.5. The van der Waals surface area contributed by atoms with Crippen molar-refractivity contribution in [1.82, 2.24) is 20.3 Å². The van der Waals surface area contributed by atoms with Gasteiger partial charge in [-0.1, -0.05) is 11.6 Å². The molecule has 34 heavy (non-hydrogen) atoms. The Hall–Kier alpha value is -3.01. The normalized spacial score (nSPS) is 19.8. The van der Waals surface area contributed by atoms with Crippen molar-refractivity contribution in [3.63, 3.8) is 0 Å². The first kappa shape index (κ1) is 22.8. The lowest BCUT2D eigenvalue weighted by Gasteiger charge is -2.35. The van der Waals surface area contributed by atoms with Crippen molar-refractivity contribution in [3.05, 3.63) is 47.4 Å². The SMILES string of the molecule is O=C(N[C@@H]1CCCN(c2ncnc3[nH]ccc23)C1)[C@H](Nc1cc(Cl)cc(C(F)(F)F)c1)C1CC1. The maximum Gasteiger partial charge on any atom is 0.416 e. The molecule has 1 aromatic carbocycles. The number of H-pyrrole nitrogens is 1. The predicted octanol–water partition coefficient (Wildman–Crippen LogP) is 4.61. The zero-order valence-corrected chi connectivity index (χ0v) is 19.0. The molecule has 3 heterocycles. The standard InChI is InChI=1S/C23H24ClF3N6O/c24-15-8-14(23(25,26)27)9-17(10-15)31-19(13-3-4-13)22(34)32-16-2-1-7-33(11-16)21-18-5-6-28-20(18)29-12-30-21/h5-6,8-10,12-13,16,19,31H,1-4,7,11H2,(H,32,34)(H,28,29,30)/t16-,19-/m1/s1. The molecule has 3 aromatic rings. The topological polar surface area (TPSA) is 85.9 Å². The number of alkyl halides is 3. The zero-order valence-electron chi connectivity index (χ0n) is 18.2. The summed E-state index contributed by atoms with van der Waals surface area (Å²) < 4.78 is 39.6. The number of hydrogen-bond acceptors (Lipinski definition) is 5. The summed E-state index contributed by atoms with van der Waals surface area (Å²) in [4.78, 5) is 27.1. The van der Waals surface area contributed by atoms with Crippen LogP contribution in [0.15, 0.2) is 36.8 Å². The van der Waals surface area contributed by atoms with Crippen LogP contribution in [0.25, 0.3) is 11.0 Å². The van der Waals surface area contributed by atoms with Crippen LogP contribution in [0, 0.1) is 5.92 Å². The van der Waals surface area contributed by atoms with Gasteiger partial charge in [0.05, 0.1) is 10.9 Å². The number of fused-ring (bicyclic) bond motifs is 1. The van der Waals surface area contributed by atoms with E-state index in [1.54, 1.807) is 0 Å². The predicted molar refractivity (Wildman–Crippen MR) is 124 cm³/mol. The number of carbonyl (C=O) groups is 1. The maximum absolute atomic E-state index is 13.2. The average molecular weight is 493 g/mol. The smallest absolute Gasteiger partial charge is 0.373 e. The Kier molecular flexibility index (Phi) is 6.01. The molecule has 0 bridgehead atoms. The monoisotopic (exact) mass is 492 g/mol. The number of rotatable bonds is 6. The number of nitrogens with zero attached hydrogens (tertiary/aromatic N) is 3. The summed E-state index contributed by atoms with van der Waals surface area (Å²) in [5.74, 6) is 0.687. The Morgan fingerprint density at radius 2 is 2.03 bits per heavy atom. The van der Waals surface area contributed by atoms with E-state index in [1.165, 1.54) is 12.4 Å². The van der Waals surface area contributed by atoms with Gasteiger partial charge in [0.25, 0.3) is 0 Å². The number of aromatic nitrogens is 3. The minimum atomic E-state index is -4.52. The molecule has 2 aromatic heterocycles. The number of piperidine rings is 1. The van der Waals surface area contributed by atoms with E-state index in [9.17, 15) is 18.0 Å². The molecule has 2 aliphatic rings. The molecule has 5 rings (SSSR count). The van der Waals surface area contributed by atoms with Crippen LogP contribution >= 0.6 is 11.6 Å². The third-order valence-electron chi connectivity index (χ3n) is 6.32. The van der Waals surface area contributed by atoms with E-state index in [0.29, 0.717) is 6.54 Å². The summed E-state index contributed by atoms with van der Waals surface area (Å²) in [5.41, 5.74) is 0.100. The van der Waals surface area contributed by atoms with Crippen molar-refractivity contribution >= 4 is 40.0 Å². The van der Waals surface area contributed by atoms with E-state index in [1.807, 2.05) is 12.3 Å². The lowest BCUT2D eigenvalue weighted by molar-refractivity contribution is -0.137. The van der Waals surface area contributed by atoms with Gasteiger partial charge in [-0.15, -0.1) is 0 Å². The summed E-state index contributed by atoms with van der Waals surface area (Å²) in [6.45, 7) is 1.41. The van der Waals surface area contributed by atoms with Gasteiger partial charge in [-0.25, -0.2) is 9.97 Å². The van der Waals surface area contributed by atoms with Crippen LogP contribution in [0.4, 0.5) is 24.7 Å². The zero-order chi connectivity index (χ0) is 23.9. The van der Waals surface area contributed by atoms with Gasteiger partial charge in [0.15, 0.2) is 0 Å². The minimum absolute atomic E-state index is 0.0314. The number of carbonyl (C=O) groups excluding carboxylic acids is 1. The average Bonchev–Trinajstić information content (AvgIpc) is 3.51. The van der Waals surface area contributed by atoms with Crippen LogP contribution in [0.2, 0.25) is 5.02 Å². The number of anilines is 2. The molecule has 0 radical (unpaired) electrons. The number of nitrogens with one attached hydrogen (secondary N) is 3. The maximum atomic E-state index is 13.2. The highest BCUT2D eigenvalue weighted by Crippen LogP contribution is 2.37. The van der Waals surface area contributed by atoms with Gasteiger partial charge in [-0.3, -0.25) is 4.79 Å². The van der Waals surface area contributed by atoms with Crippen molar-refractivity contribution in [2.24, 2.45) is 5.92 Å². The highest BCUT2D eigenvalue weighted by Gasteiger charge is 2.38. The second-order valence-electron chi connectivity index (χ2n) is 8.92. The Balaban J connectivity index is 1.29. The van der Waals surface area contributed by atoms with Crippen LogP contribution in [-0.4, -0.2) is 46.0 Å². The Morgan fingerprint density at radius 3 is 2.79 bits per heavy atom. The number of hydrogen-bond donors (Lipinski definition) is 3. The fourth-order valence-corrected chi connectivity index (χ4v) is 4.77. The molecule has 1 aliphatic carbocycles. The molecule has 180 valence electrons. The van der Waals surface area contributed by atoms with Crippen LogP contribution in [-0.2, 0) is 11.0 Å². The van der Waals surface area contributed by atoms with Crippen molar-refractivity contribution in [2.75, 3.05) is 23.3 Å². The van der Waals surface area contributed by atoms with Crippen molar-refractivity contribution in [2.45, 2.75) is 43.9 Å². The molecule has 0 unspecified atom stereocenters. The first-order valence-electron chi connectivity index (χ1n) is 11.3. The van der Waals surface area contributed by atoms with E-state index >= 15 is 0 Å². The number of aromatic amines is 1. The first-order valence-corrected chi connectivity index (χ1v) is 11.6. The van der Waals surface area contributed by atoms with E-state index < -0.39 is 17.8 Å². The van der Waals surface area contributed by atoms with Gasteiger partial charge in [-0.2, -0.15) is 13.2 Å². The summed E-state index contributed by atoms with van der Waals surface area (Å²) in [6, 6.07) is 4.50. The van der Waals surface area contributed by atoms with Crippen LogP contribution in [0.5, 0.6) is 0 Å². The van der Waals surface area contributed by atoms with Crippen molar-refractivity contribution < 1.29 is 18.0 Å². The van der Waals surface area contributed by atoms with Gasteiger partial charge in [-0.05, 0) is 55.9 Å². The van der Waals surface area contributed by atoms with Gasteiger partial charge in [0, 0.05) is 36.0 Å². The highest BCUT2D eigenvalue weighted by molar-refractivity contribution is 6.31. The summed E-state index contributed by atoms with van der Waals surface area (Å²) in [5, 5.41) is 7.02. The Bertz CT molecular complexity index is 1190. The summed E-state index contributed by atoms with van der Waals surface area (Å²) >= 11 is 5.92. The van der Waals surface area contributed by atoms with Gasteiger partial charge >= 0.3 is 6.18 Å². The molecule has 2 fully saturated rings. The summed E-state index contributed by atoms with van der Waals surface area (Å²) in [6.07, 6.45) is 2.21. The molecule has 2 atom stereocenters. The van der Waals surface area contributed by atoms with Gasteiger partial charge in [0.1, 0.15) is 23.8 Å². The molecule has 11 heteroatoms. The molecular formula is C23H24ClF3N6O. The molecule has 7 nitrogen and oxygen atoms in total. The van der Waals surface area contributed by atoms with Gasteiger partial charge in [0.2, 0.25) is 5.91 Å². The van der Waals surface area contributed by atoms with Crippen molar-refractivity contribution in [3.8, 4) is 0 Å². The Morgan fingerprint density at radius 1 is 1.21 bits per heavy atom. The fraction of sp³-hybridized carbons (Fsp3) is 0.435. The molecule has 1 amide bonds. The lowest BCUT2D eigenvalue weighted by Crippen LogP contribution is -2.52. The van der Waals surface area contributed by atoms with E-state index in [0.717, 1.165) is 61.2 Å². The van der Waals surface area contributed by atoms with Gasteiger partial charge < -0.3 is 20.5 Å². The number of amides is 1. The molecular weight excluding hydrogens is 469 g/mol. The van der Waals surface area contributed by atoms with Crippen molar-refractivity contribution in [1.29, 1.82) is 0 Å². The second-order valence-corrected chi connectivity index (χ2v) is 9.35. The molecule has 0 spiro atoms. The molecule has 1 aliphatic heterocycles. The second kappa shape index (κ2) is 8.98.